The Morgan fingerprint density at radius 1 is 1.50 bits per heavy atom. The van der Waals surface area contributed by atoms with Crippen molar-refractivity contribution in [3.8, 4) is 6.07 Å². The second-order valence-electron chi connectivity index (χ2n) is 4.31. The molecule has 0 saturated heterocycles. The van der Waals surface area contributed by atoms with Gasteiger partial charge in [0.2, 0.25) is 5.91 Å². The molecule has 0 heterocycles. The zero-order chi connectivity index (χ0) is 13.5. The van der Waals surface area contributed by atoms with Crippen molar-refractivity contribution in [2.24, 2.45) is 0 Å². The fourth-order valence-corrected chi connectivity index (χ4v) is 1.49. The maximum atomic E-state index is 11.4. The number of hydrogen-bond donors (Lipinski definition) is 3. The Labute approximate surface area is 107 Å². The molecule has 1 amide bonds. The van der Waals surface area contributed by atoms with Gasteiger partial charge in [0.1, 0.15) is 6.07 Å². The van der Waals surface area contributed by atoms with E-state index in [9.17, 15) is 4.79 Å². The van der Waals surface area contributed by atoms with Crippen LogP contribution in [0.1, 0.15) is 25.8 Å². The van der Waals surface area contributed by atoms with Gasteiger partial charge in [-0.1, -0.05) is 0 Å². The Morgan fingerprint density at radius 2 is 2.22 bits per heavy atom. The first-order valence-electron chi connectivity index (χ1n) is 5.85. The molecule has 0 radical (unpaired) electrons. The second kappa shape index (κ2) is 6.50. The third-order valence-corrected chi connectivity index (χ3v) is 2.30. The number of nitrogens with zero attached hydrogens (tertiary/aromatic N) is 1. The number of nitrogen functional groups attached to an aromatic ring is 1. The summed E-state index contributed by atoms with van der Waals surface area (Å²) in [6.45, 7) is 4.38. The van der Waals surface area contributed by atoms with Crippen LogP contribution in [0, 0.1) is 11.3 Å². The Hall–Kier alpha value is -2.22. The molecule has 0 spiro atoms. The van der Waals surface area contributed by atoms with Crippen LogP contribution in [-0.2, 0) is 4.79 Å². The number of nitriles is 1. The summed E-state index contributed by atoms with van der Waals surface area (Å²) in [5, 5.41) is 14.6. The van der Waals surface area contributed by atoms with E-state index in [-0.39, 0.29) is 11.9 Å². The van der Waals surface area contributed by atoms with Gasteiger partial charge in [-0.25, -0.2) is 0 Å². The normalized spacial score (nSPS) is 9.89. The molecule has 0 aromatic heterocycles. The molecule has 0 unspecified atom stereocenters. The van der Waals surface area contributed by atoms with Crippen LogP contribution in [0.3, 0.4) is 0 Å². The highest BCUT2D eigenvalue weighted by molar-refractivity contribution is 5.76. The van der Waals surface area contributed by atoms with E-state index in [1.54, 1.807) is 18.2 Å². The predicted molar refractivity (Wildman–Crippen MR) is 72.0 cm³/mol. The molecule has 1 rings (SSSR count). The van der Waals surface area contributed by atoms with Gasteiger partial charge in [0.15, 0.2) is 0 Å². The monoisotopic (exact) mass is 246 g/mol. The summed E-state index contributed by atoms with van der Waals surface area (Å²) >= 11 is 0. The highest BCUT2D eigenvalue weighted by Crippen LogP contribution is 2.16. The first-order valence-corrected chi connectivity index (χ1v) is 5.85. The van der Waals surface area contributed by atoms with Gasteiger partial charge in [0, 0.05) is 24.7 Å². The smallest absolute Gasteiger partial charge is 0.221 e. The van der Waals surface area contributed by atoms with Gasteiger partial charge in [-0.2, -0.15) is 5.26 Å². The van der Waals surface area contributed by atoms with Crippen LogP contribution in [0.4, 0.5) is 11.4 Å². The number of benzene rings is 1. The highest BCUT2D eigenvalue weighted by Gasteiger charge is 2.03. The highest BCUT2D eigenvalue weighted by atomic mass is 16.1. The van der Waals surface area contributed by atoms with Gasteiger partial charge in [-0.15, -0.1) is 0 Å². The molecule has 5 heteroatoms. The molecule has 0 aliphatic heterocycles. The SMILES string of the molecule is CC(C)NC(=O)CCNc1ccc(C#N)c(N)c1. The largest absolute Gasteiger partial charge is 0.398 e. The number of nitrogens with two attached hydrogens (primary N) is 1. The Balaban J connectivity index is 2.43. The van der Waals surface area contributed by atoms with Crippen LogP contribution < -0.4 is 16.4 Å². The van der Waals surface area contributed by atoms with Crippen LogP contribution in [0.5, 0.6) is 0 Å². The lowest BCUT2D eigenvalue weighted by molar-refractivity contribution is -0.121. The summed E-state index contributed by atoms with van der Waals surface area (Å²) < 4.78 is 0. The van der Waals surface area contributed by atoms with E-state index in [0.29, 0.717) is 24.2 Å². The van der Waals surface area contributed by atoms with E-state index in [4.69, 9.17) is 11.0 Å². The van der Waals surface area contributed by atoms with Gasteiger partial charge in [-0.05, 0) is 32.0 Å². The third-order valence-electron chi connectivity index (χ3n) is 2.30. The minimum absolute atomic E-state index is 0.0131. The Kier molecular flexibility index (Phi) is 5.00. The number of hydrogen-bond acceptors (Lipinski definition) is 4. The minimum atomic E-state index is 0.0131. The lowest BCUT2D eigenvalue weighted by atomic mass is 10.2. The van der Waals surface area contributed by atoms with Crippen molar-refractivity contribution in [2.45, 2.75) is 26.3 Å². The van der Waals surface area contributed by atoms with Crippen LogP contribution in [-0.4, -0.2) is 18.5 Å². The number of carbonyl (C=O) groups excluding carboxylic acids is 1. The summed E-state index contributed by atoms with van der Waals surface area (Å²) in [4.78, 5) is 11.4. The molecule has 0 aliphatic rings. The molecule has 18 heavy (non-hydrogen) atoms. The quantitative estimate of drug-likeness (QED) is 0.686. The van der Waals surface area contributed by atoms with E-state index in [1.807, 2.05) is 19.9 Å². The molecular weight excluding hydrogens is 228 g/mol. The molecule has 0 bridgehead atoms. The Morgan fingerprint density at radius 3 is 2.78 bits per heavy atom. The average molecular weight is 246 g/mol. The molecule has 0 saturated carbocycles. The number of anilines is 2. The second-order valence-corrected chi connectivity index (χ2v) is 4.31. The molecule has 0 aliphatic carbocycles. The van der Waals surface area contributed by atoms with Crippen molar-refractivity contribution in [1.29, 1.82) is 5.26 Å². The van der Waals surface area contributed by atoms with Crippen molar-refractivity contribution in [3.63, 3.8) is 0 Å². The van der Waals surface area contributed by atoms with Crippen molar-refractivity contribution < 1.29 is 4.79 Å². The summed E-state index contributed by atoms with van der Waals surface area (Å²) in [7, 11) is 0. The molecule has 96 valence electrons. The topological polar surface area (TPSA) is 90.9 Å². The molecule has 4 N–H and O–H groups in total. The lowest BCUT2D eigenvalue weighted by Gasteiger charge is -2.10. The van der Waals surface area contributed by atoms with Gasteiger partial charge >= 0.3 is 0 Å². The fraction of sp³-hybridized carbons (Fsp3) is 0.385. The van der Waals surface area contributed by atoms with E-state index < -0.39 is 0 Å². The number of carbonyl (C=O) groups is 1. The lowest BCUT2D eigenvalue weighted by Crippen LogP contribution is -2.31. The molecule has 1 aromatic carbocycles. The first kappa shape index (κ1) is 13.8. The van der Waals surface area contributed by atoms with Crippen LogP contribution in [0.15, 0.2) is 18.2 Å². The zero-order valence-electron chi connectivity index (χ0n) is 10.7. The summed E-state index contributed by atoms with van der Waals surface area (Å²) in [5.74, 6) is 0.0131. The molecule has 1 aromatic rings. The fourth-order valence-electron chi connectivity index (χ4n) is 1.49. The van der Waals surface area contributed by atoms with Crippen molar-refractivity contribution >= 4 is 17.3 Å². The Bertz CT molecular complexity index is 463. The van der Waals surface area contributed by atoms with Gasteiger partial charge in [0.05, 0.1) is 11.3 Å². The predicted octanol–water partition coefficient (Wildman–Crippen LogP) is 1.47. The molecule has 5 nitrogen and oxygen atoms in total. The molecule has 0 atom stereocenters. The maximum Gasteiger partial charge on any atom is 0.221 e. The standard InChI is InChI=1S/C13H18N4O/c1-9(2)17-13(18)5-6-16-11-4-3-10(8-14)12(15)7-11/h3-4,7,9,16H,5-6,15H2,1-2H3,(H,17,18). The van der Waals surface area contributed by atoms with Crippen LogP contribution in [0.25, 0.3) is 0 Å². The van der Waals surface area contributed by atoms with Crippen LogP contribution >= 0.6 is 0 Å². The van der Waals surface area contributed by atoms with Crippen molar-refractivity contribution in [3.05, 3.63) is 23.8 Å². The first-order chi connectivity index (χ1) is 8.52. The number of rotatable bonds is 5. The molecular formula is C13H18N4O. The minimum Gasteiger partial charge on any atom is -0.398 e. The van der Waals surface area contributed by atoms with Crippen molar-refractivity contribution in [2.75, 3.05) is 17.6 Å². The zero-order valence-corrected chi connectivity index (χ0v) is 10.7. The number of amides is 1. The number of nitrogens with one attached hydrogen (secondary N) is 2. The summed E-state index contributed by atoms with van der Waals surface area (Å²) in [6, 6.07) is 7.28. The van der Waals surface area contributed by atoms with E-state index >= 15 is 0 Å². The average Bonchev–Trinajstić information content (AvgIpc) is 2.28. The van der Waals surface area contributed by atoms with Gasteiger partial charge < -0.3 is 16.4 Å². The van der Waals surface area contributed by atoms with Crippen LogP contribution in [0.2, 0.25) is 0 Å². The summed E-state index contributed by atoms with van der Waals surface area (Å²) in [6.07, 6.45) is 0.401. The van der Waals surface area contributed by atoms with E-state index in [1.165, 1.54) is 0 Å². The van der Waals surface area contributed by atoms with Gasteiger partial charge in [0.25, 0.3) is 0 Å². The van der Waals surface area contributed by atoms with Gasteiger partial charge in [-0.3, -0.25) is 4.79 Å². The van der Waals surface area contributed by atoms with E-state index in [0.717, 1.165) is 5.69 Å². The maximum absolute atomic E-state index is 11.4. The summed E-state index contributed by atoms with van der Waals surface area (Å²) in [5.41, 5.74) is 7.39. The van der Waals surface area contributed by atoms with E-state index in [2.05, 4.69) is 10.6 Å². The van der Waals surface area contributed by atoms with Crippen molar-refractivity contribution in [1.82, 2.24) is 5.32 Å². The third kappa shape index (κ3) is 4.34. The molecule has 0 fully saturated rings.